The maximum atomic E-state index is 13.4. The Balaban J connectivity index is 0.00000240. The molecule has 0 fully saturated rings. The van der Waals surface area contributed by atoms with E-state index in [1.807, 2.05) is 12.1 Å². The number of hydrogen-bond donors (Lipinski definition) is 1. The Morgan fingerprint density at radius 3 is 2.59 bits per heavy atom. The molecule has 2 aromatic heterocycles. The molecule has 0 spiro atoms. The summed E-state index contributed by atoms with van der Waals surface area (Å²) < 4.78 is 14.9. The molecule has 0 aliphatic rings. The van der Waals surface area contributed by atoms with Gasteiger partial charge in [-0.2, -0.15) is 4.39 Å². The van der Waals surface area contributed by atoms with Crippen molar-refractivity contribution in [3.63, 3.8) is 0 Å². The highest BCUT2D eigenvalue weighted by molar-refractivity contribution is 6.30. The first kappa shape index (κ1) is 20.9. The number of nitrogens with two attached hydrogens (primary N) is 1. The van der Waals surface area contributed by atoms with Crippen molar-refractivity contribution in [2.24, 2.45) is 5.73 Å². The molecule has 5 nitrogen and oxygen atoms in total. The first-order valence-electron chi connectivity index (χ1n) is 8.65. The van der Waals surface area contributed by atoms with Gasteiger partial charge in [0.1, 0.15) is 0 Å². The Bertz CT molecular complexity index is 1230. The van der Waals surface area contributed by atoms with E-state index in [1.54, 1.807) is 36.4 Å². The van der Waals surface area contributed by atoms with Crippen molar-refractivity contribution in [1.82, 2.24) is 14.5 Å². The van der Waals surface area contributed by atoms with Crippen molar-refractivity contribution in [2.75, 3.05) is 6.54 Å². The number of fused-ring (bicyclic) bond motifs is 1. The van der Waals surface area contributed by atoms with Crippen molar-refractivity contribution in [1.29, 1.82) is 0 Å². The van der Waals surface area contributed by atoms with Crippen LogP contribution in [0.3, 0.4) is 0 Å². The average molecular weight is 431 g/mol. The highest BCUT2D eigenvalue weighted by atomic mass is 35.5. The minimum atomic E-state index is -0.562. The molecule has 1 unspecified atom stereocenters. The van der Waals surface area contributed by atoms with Crippen LogP contribution in [-0.2, 0) is 0 Å². The highest BCUT2D eigenvalue weighted by Crippen LogP contribution is 2.24. The zero-order chi connectivity index (χ0) is 19.7. The number of aromatic nitrogens is 3. The SMILES string of the molecule is Cl.NCC(c1cccc(Cl)c1)n1cnc2cc(-c3ccnc(F)c3)ccc2c1=O. The molecule has 2 N–H and O–H groups in total. The van der Waals surface area contributed by atoms with Crippen molar-refractivity contribution in [3.8, 4) is 11.1 Å². The van der Waals surface area contributed by atoms with Crippen LogP contribution in [0.25, 0.3) is 22.0 Å². The maximum Gasteiger partial charge on any atom is 0.261 e. The van der Waals surface area contributed by atoms with Gasteiger partial charge in [0.15, 0.2) is 0 Å². The number of hydrogen-bond acceptors (Lipinski definition) is 4. The summed E-state index contributed by atoms with van der Waals surface area (Å²) in [6, 6.07) is 15.1. The van der Waals surface area contributed by atoms with Crippen molar-refractivity contribution in [2.45, 2.75) is 6.04 Å². The Morgan fingerprint density at radius 2 is 1.86 bits per heavy atom. The van der Waals surface area contributed by atoms with Gasteiger partial charge in [0.25, 0.3) is 5.56 Å². The van der Waals surface area contributed by atoms with Gasteiger partial charge in [0, 0.05) is 23.8 Å². The lowest BCUT2D eigenvalue weighted by Gasteiger charge is -2.19. The van der Waals surface area contributed by atoms with Crippen LogP contribution in [0.4, 0.5) is 4.39 Å². The largest absolute Gasteiger partial charge is 0.328 e. The van der Waals surface area contributed by atoms with Crippen LogP contribution in [-0.4, -0.2) is 21.1 Å². The van der Waals surface area contributed by atoms with Gasteiger partial charge in [-0.25, -0.2) is 9.97 Å². The molecule has 0 saturated carbocycles. The second kappa shape index (κ2) is 8.69. The van der Waals surface area contributed by atoms with Gasteiger partial charge in [0.2, 0.25) is 5.95 Å². The van der Waals surface area contributed by atoms with Crippen LogP contribution in [0.1, 0.15) is 11.6 Å². The molecule has 2 heterocycles. The van der Waals surface area contributed by atoms with Gasteiger partial charge in [-0.1, -0.05) is 29.8 Å². The Labute approximate surface area is 177 Å². The molecule has 29 heavy (non-hydrogen) atoms. The number of rotatable bonds is 4. The van der Waals surface area contributed by atoms with Crippen LogP contribution in [0, 0.1) is 5.95 Å². The fourth-order valence-electron chi connectivity index (χ4n) is 3.24. The van der Waals surface area contributed by atoms with E-state index < -0.39 is 5.95 Å². The van der Waals surface area contributed by atoms with Gasteiger partial charge in [-0.05, 0) is 47.0 Å². The molecule has 8 heteroatoms. The van der Waals surface area contributed by atoms with Crippen molar-refractivity contribution in [3.05, 3.63) is 94.0 Å². The summed E-state index contributed by atoms with van der Waals surface area (Å²) in [6.07, 6.45) is 2.89. The van der Waals surface area contributed by atoms with Gasteiger partial charge >= 0.3 is 0 Å². The van der Waals surface area contributed by atoms with Crippen LogP contribution in [0.15, 0.2) is 71.9 Å². The first-order chi connectivity index (χ1) is 13.6. The molecule has 4 aromatic rings. The van der Waals surface area contributed by atoms with E-state index in [0.29, 0.717) is 21.5 Å². The standard InChI is InChI=1S/C21H16ClFN4O.ClH/c22-16-3-1-2-15(8-16)19(11-24)27-12-26-18-9-13(4-5-17(18)21(27)28)14-6-7-25-20(23)10-14;/h1-10,12,19H,11,24H2;1H. The van der Waals surface area contributed by atoms with E-state index in [-0.39, 0.29) is 30.6 Å². The van der Waals surface area contributed by atoms with E-state index in [9.17, 15) is 9.18 Å². The van der Waals surface area contributed by atoms with Crippen LogP contribution in [0.2, 0.25) is 5.02 Å². The van der Waals surface area contributed by atoms with E-state index >= 15 is 0 Å². The molecule has 0 amide bonds. The van der Waals surface area contributed by atoms with E-state index in [2.05, 4.69) is 9.97 Å². The smallest absolute Gasteiger partial charge is 0.261 e. The number of nitrogens with zero attached hydrogens (tertiary/aromatic N) is 3. The van der Waals surface area contributed by atoms with Gasteiger partial charge < -0.3 is 5.73 Å². The Morgan fingerprint density at radius 1 is 1.07 bits per heavy atom. The lowest BCUT2D eigenvalue weighted by Crippen LogP contribution is -2.30. The molecule has 0 aliphatic carbocycles. The predicted molar refractivity (Wildman–Crippen MR) is 115 cm³/mol. The summed E-state index contributed by atoms with van der Waals surface area (Å²) in [5, 5.41) is 1.04. The Kier molecular flexibility index (Phi) is 6.27. The molecule has 148 valence electrons. The molecular weight excluding hydrogens is 414 g/mol. The van der Waals surface area contributed by atoms with Crippen LogP contribution in [0.5, 0.6) is 0 Å². The second-order valence-electron chi connectivity index (χ2n) is 6.36. The second-order valence-corrected chi connectivity index (χ2v) is 6.80. The topological polar surface area (TPSA) is 73.8 Å². The van der Waals surface area contributed by atoms with Crippen LogP contribution < -0.4 is 11.3 Å². The van der Waals surface area contributed by atoms with Crippen molar-refractivity contribution >= 4 is 34.9 Å². The number of benzene rings is 2. The zero-order valence-corrected chi connectivity index (χ0v) is 16.7. The normalized spacial score (nSPS) is 11.8. The molecular formula is C21H17Cl2FN4O. The molecule has 0 radical (unpaired) electrons. The van der Waals surface area contributed by atoms with Gasteiger partial charge in [-0.3, -0.25) is 9.36 Å². The fraction of sp³-hybridized carbons (Fsp3) is 0.0952. The summed E-state index contributed by atoms with van der Waals surface area (Å²) in [7, 11) is 0. The molecule has 4 rings (SSSR count). The van der Waals surface area contributed by atoms with E-state index in [1.165, 1.54) is 23.2 Å². The third-order valence-electron chi connectivity index (χ3n) is 4.64. The average Bonchev–Trinajstić information content (AvgIpc) is 2.70. The fourth-order valence-corrected chi connectivity index (χ4v) is 3.44. The molecule has 0 bridgehead atoms. The maximum absolute atomic E-state index is 13.4. The van der Waals surface area contributed by atoms with Crippen LogP contribution >= 0.6 is 24.0 Å². The van der Waals surface area contributed by atoms with Gasteiger partial charge in [0.05, 0.1) is 23.3 Å². The monoisotopic (exact) mass is 430 g/mol. The Hall–Kier alpha value is -2.80. The minimum absolute atomic E-state index is 0. The van der Waals surface area contributed by atoms with E-state index in [0.717, 1.165) is 11.1 Å². The summed E-state index contributed by atoms with van der Waals surface area (Å²) in [5.41, 5.74) is 8.52. The summed E-state index contributed by atoms with van der Waals surface area (Å²) in [5.74, 6) is -0.562. The molecule has 2 aromatic carbocycles. The van der Waals surface area contributed by atoms with E-state index in [4.69, 9.17) is 17.3 Å². The zero-order valence-electron chi connectivity index (χ0n) is 15.1. The third-order valence-corrected chi connectivity index (χ3v) is 4.87. The molecule has 1 atom stereocenters. The van der Waals surface area contributed by atoms with Gasteiger partial charge in [-0.15, -0.1) is 12.4 Å². The first-order valence-corrected chi connectivity index (χ1v) is 9.03. The summed E-state index contributed by atoms with van der Waals surface area (Å²) in [6.45, 7) is 0.224. The summed E-state index contributed by atoms with van der Waals surface area (Å²) >= 11 is 6.08. The van der Waals surface area contributed by atoms with Crippen molar-refractivity contribution < 1.29 is 4.39 Å². The third kappa shape index (κ3) is 4.15. The lowest BCUT2D eigenvalue weighted by atomic mass is 10.0. The quantitative estimate of drug-likeness (QED) is 0.491. The predicted octanol–water partition coefficient (Wildman–Crippen LogP) is 4.22. The highest BCUT2D eigenvalue weighted by Gasteiger charge is 2.16. The molecule has 0 saturated heterocycles. The number of pyridine rings is 1. The summed E-state index contributed by atoms with van der Waals surface area (Å²) in [4.78, 5) is 21.0. The minimum Gasteiger partial charge on any atom is -0.328 e. The lowest BCUT2D eigenvalue weighted by molar-refractivity contribution is 0.570. The number of halogens is 3. The molecule has 0 aliphatic heterocycles.